The Kier molecular flexibility index (Phi) is 7.03. The second-order valence-corrected chi connectivity index (χ2v) is 10.1. The van der Waals surface area contributed by atoms with Crippen molar-refractivity contribution >= 4 is 17.6 Å². The van der Waals surface area contributed by atoms with Crippen molar-refractivity contribution in [1.29, 1.82) is 0 Å². The Morgan fingerprint density at radius 1 is 1.22 bits per heavy atom. The smallest absolute Gasteiger partial charge is 0.475 e. The number of alkyl halides is 4. The number of carboxylic acid groups (broad SMARTS) is 1. The summed E-state index contributed by atoms with van der Waals surface area (Å²) in [5.74, 6) is -1.20. The molecule has 5 rings (SSSR count). The fourth-order valence-corrected chi connectivity index (χ4v) is 5.24. The molecule has 196 valence electrons. The van der Waals surface area contributed by atoms with Gasteiger partial charge in [-0.15, -0.1) is 0 Å². The second-order valence-electron chi connectivity index (χ2n) is 10.1. The van der Waals surface area contributed by atoms with E-state index < -0.39 is 18.3 Å². The van der Waals surface area contributed by atoms with E-state index in [9.17, 15) is 22.4 Å². The molecule has 2 aromatic rings. The van der Waals surface area contributed by atoms with Gasteiger partial charge in [0.15, 0.2) is 5.82 Å². The van der Waals surface area contributed by atoms with Gasteiger partial charge in [-0.05, 0) is 55.9 Å². The van der Waals surface area contributed by atoms with Crippen LogP contribution in [0.15, 0.2) is 36.7 Å². The van der Waals surface area contributed by atoms with Crippen LogP contribution in [0.1, 0.15) is 45.2 Å². The number of rotatable bonds is 4. The number of pyridine rings is 1. The van der Waals surface area contributed by atoms with Crippen molar-refractivity contribution < 1.29 is 32.3 Å². The summed E-state index contributed by atoms with van der Waals surface area (Å²) < 4.78 is 47.3. The van der Waals surface area contributed by atoms with Crippen LogP contribution < -0.4 is 4.90 Å². The highest BCUT2D eigenvalue weighted by Gasteiger charge is 2.52. The van der Waals surface area contributed by atoms with Crippen molar-refractivity contribution in [3.8, 4) is 5.82 Å². The minimum absolute atomic E-state index is 0.131. The SMILES string of the molecule is CC(C)CCN1c2cccnc2-n2cccc2C12CCN(C(=O)C1CC(F)C1)C2.O=C(O)C(F)(F)F. The molecule has 1 saturated carbocycles. The number of amides is 1. The van der Waals surface area contributed by atoms with Crippen LogP contribution in [0.2, 0.25) is 0 Å². The number of aromatic nitrogens is 2. The molecule has 1 aliphatic carbocycles. The molecule has 1 N–H and O–H groups in total. The van der Waals surface area contributed by atoms with Gasteiger partial charge in [0.05, 0.1) is 11.4 Å². The van der Waals surface area contributed by atoms with Gasteiger partial charge in [0, 0.05) is 37.9 Å². The van der Waals surface area contributed by atoms with Crippen molar-refractivity contribution in [3.63, 3.8) is 0 Å². The number of carbonyl (C=O) groups excluding carboxylic acids is 1. The van der Waals surface area contributed by atoms with Crippen molar-refractivity contribution in [3.05, 3.63) is 42.4 Å². The molecule has 2 fully saturated rings. The van der Waals surface area contributed by atoms with Crippen LogP contribution in [-0.2, 0) is 15.1 Å². The number of hydrogen-bond donors (Lipinski definition) is 1. The largest absolute Gasteiger partial charge is 0.490 e. The first-order valence-corrected chi connectivity index (χ1v) is 12.1. The van der Waals surface area contributed by atoms with Gasteiger partial charge in [-0.1, -0.05) is 13.8 Å². The molecular weight excluding hydrogens is 480 g/mol. The molecule has 1 saturated heterocycles. The lowest BCUT2D eigenvalue weighted by molar-refractivity contribution is -0.192. The Labute approximate surface area is 206 Å². The predicted octanol–water partition coefficient (Wildman–Crippen LogP) is 4.55. The van der Waals surface area contributed by atoms with Gasteiger partial charge in [0.2, 0.25) is 5.91 Å². The molecule has 1 unspecified atom stereocenters. The number of carbonyl (C=O) groups is 2. The highest BCUT2D eigenvalue weighted by atomic mass is 19.4. The molecule has 0 radical (unpaired) electrons. The average Bonchev–Trinajstić information content (AvgIpc) is 3.45. The van der Waals surface area contributed by atoms with Gasteiger partial charge in [-0.2, -0.15) is 13.2 Å². The molecule has 4 heterocycles. The van der Waals surface area contributed by atoms with Crippen molar-refractivity contribution in [2.45, 2.75) is 57.4 Å². The Morgan fingerprint density at radius 3 is 2.53 bits per heavy atom. The first-order valence-electron chi connectivity index (χ1n) is 12.1. The van der Waals surface area contributed by atoms with Crippen LogP contribution in [0.4, 0.5) is 23.2 Å². The number of aliphatic carboxylic acids is 1. The number of anilines is 1. The summed E-state index contributed by atoms with van der Waals surface area (Å²) >= 11 is 0. The number of halogens is 4. The quantitative estimate of drug-likeness (QED) is 0.611. The third kappa shape index (κ3) is 4.79. The molecule has 36 heavy (non-hydrogen) atoms. The summed E-state index contributed by atoms with van der Waals surface area (Å²) in [5.41, 5.74) is 2.10. The third-order valence-corrected chi connectivity index (χ3v) is 7.19. The summed E-state index contributed by atoms with van der Waals surface area (Å²) in [7, 11) is 0. The third-order valence-electron chi connectivity index (χ3n) is 7.19. The zero-order valence-electron chi connectivity index (χ0n) is 20.2. The summed E-state index contributed by atoms with van der Waals surface area (Å²) in [4.78, 5) is 31.0. The van der Waals surface area contributed by atoms with Crippen molar-refractivity contribution in [2.24, 2.45) is 11.8 Å². The highest BCUT2D eigenvalue weighted by Crippen LogP contribution is 2.48. The van der Waals surface area contributed by atoms with Gasteiger partial charge in [-0.3, -0.25) is 4.79 Å². The van der Waals surface area contributed by atoms with E-state index in [-0.39, 0.29) is 17.4 Å². The minimum Gasteiger partial charge on any atom is -0.475 e. The van der Waals surface area contributed by atoms with Crippen LogP contribution in [0.25, 0.3) is 5.82 Å². The lowest BCUT2D eigenvalue weighted by Gasteiger charge is -2.47. The summed E-state index contributed by atoms with van der Waals surface area (Å²) in [6.45, 7) is 6.82. The van der Waals surface area contributed by atoms with E-state index in [1.165, 1.54) is 5.69 Å². The number of carboxylic acids is 1. The Balaban J connectivity index is 0.000000384. The molecule has 0 bridgehead atoms. The standard InChI is InChI=1S/C23H29FN4O.C2HF3O2/c1-16(2)7-11-28-19-5-3-9-25-21(19)27-10-4-6-20(27)23(28)8-12-26(15-23)22(29)17-13-18(24)14-17;3-2(4,5)1(6)7/h3-6,9-10,16-18H,7-8,11-15H2,1-2H3;(H,6,7). The lowest BCUT2D eigenvalue weighted by Crippen LogP contribution is -2.54. The molecule has 2 aliphatic heterocycles. The maximum absolute atomic E-state index is 13.3. The fourth-order valence-electron chi connectivity index (χ4n) is 5.24. The van der Waals surface area contributed by atoms with Crippen LogP contribution in [0.5, 0.6) is 0 Å². The maximum Gasteiger partial charge on any atom is 0.490 e. The molecule has 1 amide bonds. The Morgan fingerprint density at radius 2 is 1.92 bits per heavy atom. The van der Waals surface area contributed by atoms with E-state index >= 15 is 0 Å². The zero-order chi connectivity index (χ0) is 26.3. The van der Waals surface area contributed by atoms with Gasteiger partial charge < -0.3 is 19.5 Å². The average molecular weight is 511 g/mol. The van der Waals surface area contributed by atoms with Crippen molar-refractivity contribution in [1.82, 2.24) is 14.5 Å². The van der Waals surface area contributed by atoms with Gasteiger partial charge in [0.25, 0.3) is 0 Å². The molecule has 11 heteroatoms. The minimum atomic E-state index is -5.08. The van der Waals surface area contributed by atoms with E-state index in [0.29, 0.717) is 25.3 Å². The van der Waals surface area contributed by atoms with E-state index in [1.54, 1.807) is 0 Å². The fraction of sp³-hybridized carbons (Fsp3) is 0.560. The second kappa shape index (κ2) is 9.74. The predicted molar refractivity (Wildman–Crippen MR) is 125 cm³/mol. The summed E-state index contributed by atoms with van der Waals surface area (Å²) in [6.07, 6.45) is 0.790. The number of fused-ring (bicyclic) bond motifs is 4. The van der Waals surface area contributed by atoms with E-state index in [4.69, 9.17) is 9.90 Å². The van der Waals surface area contributed by atoms with Crippen LogP contribution >= 0.6 is 0 Å². The topological polar surface area (TPSA) is 78.7 Å². The molecule has 1 atom stereocenters. The van der Waals surface area contributed by atoms with Crippen LogP contribution in [0, 0.1) is 11.8 Å². The molecule has 0 aromatic carbocycles. The van der Waals surface area contributed by atoms with Crippen LogP contribution in [-0.4, -0.2) is 63.4 Å². The van der Waals surface area contributed by atoms with E-state index in [1.807, 2.05) is 17.2 Å². The molecule has 3 aliphatic rings. The summed E-state index contributed by atoms with van der Waals surface area (Å²) in [5, 5.41) is 7.12. The normalized spacial score (nSPS) is 24.6. The van der Waals surface area contributed by atoms with Crippen molar-refractivity contribution in [2.75, 3.05) is 24.5 Å². The number of nitrogens with zero attached hydrogens (tertiary/aromatic N) is 4. The van der Waals surface area contributed by atoms with Gasteiger partial charge >= 0.3 is 12.1 Å². The number of hydrogen-bond acceptors (Lipinski definition) is 4. The molecule has 7 nitrogen and oxygen atoms in total. The van der Waals surface area contributed by atoms with E-state index in [0.717, 1.165) is 37.4 Å². The Bertz CT molecular complexity index is 1110. The first-order chi connectivity index (χ1) is 16.9. The van der Waals surface area contributed by atoms with Gasteiger partial charge in [0.1, 0.15) is 11.7 Å². The molecule has 2 aromatic heterocycles. The monoisotopic (exact) mass is 510 g/mol. The summed E-state index contributed by atoms with van der Waals surface area (Å²) in [6, 6.07) is 8.40. The van der Waals surface area contributed by atoms with Crippen LogP contribution in [0.3, 0.4) is 0 Å². The zero-order valence-corrected chi connectivity index (χ0v) is 20.2. The highest BCUT2D eigenvalue weighted by molar-refractivity contribution is 5.81. The lowest BCUT2D eigenvalue weighted by atomic mass is 9.82. The molecule has 1 spiro atoms. The maximum atomic E-state index is 13.3. The number of likely N-dealkylation sites (tertiary alicyclic amines) is 1. The van der Waals surface area contributed by atoms with Gasteiger partial charge in [-0.25, -0.2) is 14.2 Å². The molecular formula is C25H30F4N4O3. The first kappa shape index (κ1) is 26.0. The Hall–Kier alpha value is -3.11. The van der Waals surface area contributed by atoms with E-state index in [2.05, 4.69) is 52.7 Å².